The quantitative estimate of drug-likeness (QED) is 0.719. The minimum absolute atomic E-state index is 0.0492. The highest BCUT2D eigenvalue weighted by atomic mass is 19.4. The maximum absolute atomic E-state index is 12.9. The minimum Gasteiger partial charge on any atom is -0.322 e. The Morgan fingerprint density at radius 3 is 1.88 bits per heavy atom. The van der Waals surface area contributed by atoms with E-state index in [1.54, 1.807) is 24.3 Å². The smallest absolute Gasteiger partial charge is 0.322 e. The van der Waals surface area contributed by atoms with Gasteiger partial charge in [-0.05, 0) is 23.8 Å². The third-order valence-corrected chi connectivity index (χ3v) is 3.75. The number of hydrogen-bond acceptors (Lipinski definition) is 1. The molecule has 0 aliphatic carbocycles. The van der Waals surface area contributed by atoms with Gasteiger partial charge in [0.15, 0.2) is 0 Å². The van der Waals surface area contributed by atoms with E-state index in [9.17, 15) is 26.3 Å². The molecule has 1 aliphatic rings. The number of nitrogens with zero attached hydrogens (tertiary/aromatic N) is 1. The molecular weight excluding hydrogens is 334 g/mol. The van der Waals surface area contributed by atoms with Crippen LogP contribution in [-0.4, -0.2) is 5.84 Å². The van der Waals surface area contributed by atoms with Crippen LogP contribution in [0.5, 0.6) is 0 Å². The lowest BCUT2D eigenvalue weighted by molar-refractivity contribution is -0.143. The molecule has 0 spiro atoms. The maximum atomic E-state index is 12.9. The normalized spacial score (nSPS) is 14.9. The molecule has 1 aliphatic heterocycles. The SMILES string of the molecule is N=C1c2ccccc2CN1c1cc(C(F)(F)F)cc(C(F)(F)F)c1. The number of anilines is 1. The second-order valence-corrected chi connectivity index (χ2v) is 5.36. The number of fused-ring (bicyclic) bond motifs is 1. The van der Waals surface area contributed by atoms with Gasteiger partial charge in [-0.1, -0.05) is 24.3 Å². The summed E-state index contributed by atoms with van der Waals surface area (Å²) in [5, 5.41) is 8.04. The second kappa shape index (κ2) is 5.25. The summed E-state index contributed by atoms with van der Waals surface area (Å²) in [4.78, 5) is 1.13. The van der Waals surface area contributed by atoms with Crippen LogP contribution in [0.1, 0.15) is 22.3 Å². The Kier molecular flexibility index (Phi) is 3.58. The van der Waals surface area contributed by atoms with Crippen LogP contribution in [0.4, 0.5) is 32.0 Å². The van der Waals surface area contributed by atoms with Crippen molar-refractivity contribution in [1.82, 2.24) is 0 Å². The van der Waals surface area contributed by atoms with Crippen LogP contribution >= 0.6 is 0 Å². The lowest BCUT2D eigenvalue weighted by Crippen LogP contribution is -2.24. The van der Waals surface area contributed by atoms with Crippen molar-refractivity contribution in [2.75, 3.05) is 4.90 Å². The van der Waals surface area contributed by atoms with Crippen LogP contribution < -0.4 is 4.90 Å². The predicted octanol–water partition coefficient (Wildman–Crippen LogP) is 5.07. The van der Waals surface area contributed by atoms with Gasteiger partial charge >= 0.3 is 12.4 Å². The summed E-state index contributed by atoms with van der Waals surface area (Å²) in [6.45, 7) is 0.0492. The molecule has 0 amide bonds. The van der Waals surface area contributed by atoms with E-state index in [0.717, 1.165) is 4.90 Å². The Morgan fingerprint density at radius 2 is 1.38 bits per heavy atom. The van der Waals surface area contributed by atoms with Crippen LogP contribution in [0.2, 0.25) is 0 Å². The molecule has 2 nitrogen and oxygen atoms in total. The van der Waals surface area contributed by atoms with E-state index in [4.69, 9.17) is 5.41 Å². The van der Waals surface area contributed by atoms with E-state index < -0.39 is 23.5 Å². The van der Waals surface area contributed by atoms with Crippen LogP contribution in [0, 0.1) is 5.41 Å². The Morgan fingerprint density at radius 1 is 0.833 bits per heavy atom. The molecule has 0 unspecified atom stereocenters. The first kappa shape index (κ1) is 16.4. The van der Waals surface area contributed by atoms with E-state index in [-0.39, 0.29) is 24.1 Å². The zero-order valence-electron chi connectivity index (χ0n) is 12.0. The standard InChI is InChI=1S/C16H10F6N2/c17-15(18,19)10-5-11(16(20,21)22)7-12(6-10)24-8-9-3-1-2-4-13(9)14(24)23/h1-7,23H,8H2. The largest absolute Gasteiger partial charge is 0.416 e. The van der Waals surface area contributed by atoms with Crippen molar-refractivity contribution in [2.24, 2.45) is 0 Å². The fourth-order valence-electron chi connectivity index (χ4n) is 2.60. The molecule has 2 aromatic rings. The third kappa shape index (κ3) is 2.83. The summed E-state index contributed by atoms with van der Waals surface area (Å²) < 4.78 is 77.7. The van der Waals surface area contributed by atoms with Gasteiger partial charge in [-0.15, -0.1) is 0 Å². The summed E-state index contributed by atoms with van der Waals surface area (Å²) in [7, 11) is 0. The highest BCUT2D eigenvalue weighted by molar-refractivity contribution is 6.11. The van der Waals surface area contributed by atoms with Crippen molar-refractivity contribution in [3.05, 3.63) is 64.7 Å². The topological polar surface area (TPSA) is 27.1 Å². The molecule has 0 atom stereocenters. The fourth-order valence-corrected chi connectivity index (χ4v) is 2.60. The van der Waals surface area contributed by atoms with Crippen molar-refractivity contribution in [3.8, 4) is 0 Å². The van der Waals surface area contributed by atoms with Gasteiger partial charge in [-0.25, -0.2) is 0 Å². The summed E-state index contributed by atoms with van der Waals surface area (Å²) >= 11 is 0. The molecule has 24 heavy (non-hydrogen) atoms. The molecule has 0 radical (unpaired) electrons. The van der Waals surface area contributed by atoms with Crippen molar-refractivity contribution in [1.29, 1.82) is 5.41 Å². The third-order valence-electron chi connectivity index (χ3n) is 3.75. The number of alkyl halides is 6. The fraction of sp³-hybridized carbons (Fsp3) is 0.188. The van der Waals surface area contributed by atoms with Crippen LogP contribution in [-0.2, 0) is 18.9 Å². The van der Waals surface area contributed by atoms with Crippen molar-refractivity contribution < 1.29 is 26.3 Å². The van der Waals surface area contributed by atoms with E-state index in [0.29, 0.717) is 23.3 Å². The summed E-state index contributed by atoms with van der Waals surface area (Å²) in [6.07, 6.45) is -9.82. The van der Waals surface area contributed by atoms with Gasteiger partial charge in [0.2, 0.25) is 0 Å². The lowest BCUT2D eigenvalue weighted by Gasteiger charge is -2.21. The molecule has 126 valence electrons. The van der Waals surface area contributed by atoms with Crippen molar-refractivity contribution in [2.45, 2.75) is 18.9 Å². The number of nitrogens with one attached hydrogen (secondary N) is 1. The van der Waals surface area contributed by atoms with E-state index in [1.807, 2.05) is 0 Å². The average molecular weight is 344 g/mol. The summed E-state index contributed by atoms with van der Waals surface area (Å²) in [5.41, 5.74) is -1.93. The Balaban J connectivity index is 2.10. The molecule has 0 saturated carbocycles. The van der Waals surface area contributed by atoms with Crippen LogP contribution in [0.25, 0.3) is 0 Å². The Hall–Kier alpha value is -2.51. The summed E-state index contributed by atoms with van der Waals surface area (Å²) in [6, 6.07) is 7.99. The van der Waals surface area contributed by atoms with E-state index in [1.165, 1.54) is 0 Å². The van der Waals surface area contributed by atoms with E-state index in [2.05, 4.69) is 0 Å². The first-order chi connectivity index (χ1) is 11.1. The van der Waals surface area contributed by atoms with Crippen molar-refractivity contribution >= 4 is 11.5 Å². The molecule has 0 fully saturated rings. The first-order valence-corrected chi connectivity index (χ1v) is 6.81. The Labute approximate surface area is 132 Å². The highest BCUT2D eigenvalue weighted by Crippen LogP contribution is 2.39. The number of halogens is 6. The zero-order valence-corrected chi connectivity index (χ0v) is 12.0. The molecule has 1 heterocycles. The second-order valence-electron chi connectivity index (χ2n) is 5.36. The van der Waals surface area contributed by atoms with Gasteiger partial charge in [0.1, 0.15) is 5.84 Å². The molecule has 0 bridgehead atoms. The molecule has 8 heteroatoms. The maximum Gasteiger partial charge on any atom is 0.416 e. The number of rotatable bonds is 1. The molecule has 1 N–H and O–H groups in total. The zero-order chi connectivity index (χ0) is 17.7. The minimum atomic E-state index is -4.91. The summed E-state index contributed by atoms with van der Waals surface area (Å²) in [5.74, 6) is -0.127. The van der Waals surface area contributed by atoms with Crippen LogP contribution in [0.3, 0.4) is 0 Å². The van der Waals surface area contributed by atoms with Gasteiger partial charge in [0.05, 0.1) is 17.7 Å². The van der Waals surface area contributed by atoms with Gasteiger partial charge < -0.3 is 4.90 Å². The molecule has 0 saturated heterocycles. The average Bonchev–Trinajstić information content (AvgIpc) is 2.83. The lowest BCUT2D eigenvalue weighted by atomic mass is 10.1. The number of amidine groups is 1. The van der Waals surface area contributed by atoms with Gasteiger partial charge in [-0.2, -0.15) is 26.3 Å². The van der Waals surface area contributed by atoms with E-state index >= 15 is 0 Å². The molecular formula is C16H10F6N2. The highest BCUT2D eigenvalue weighted by Gasteiger charge is 2.38. The van der Waals surface area contributed by atoms with Crippen molar-refractivity contribution in [3.63, 3.8) is 0 Å². The first-order valence-electron chi connectivity index (χ1n) is 6.81. The monoisotopic (exact) mass is 344 g/mol. The Bertz CT molecular complexity index is 775. The van der Waals surface area contributed by atoms with Gasteiger partial charge in [0, 0.05) is 11.3 Å². The van der Waals surface area contributed by atoms with Gasteiger partial charge in [0.25, 0.3) is 0 Å². The molecule has 2 aromatic carbocycles. The predicted molar refractivity (Wildman–Crippen MR) is 75.9 cm³/mol. The van der Waals surface area contributed by atoms with Crippen LogP contribution in [0.15, 0.2) is 42.5 Å². The number of hydrogen-bond donors (Lipinski definition) is 1. The van der Waals surface area contributed by atoms with Gasteiger partial charge in [-0.3, -0.25) is 5.41 Å². The molecule has 0 aromatic heterocycles. The molecule has 3 rings (SSSR count). The number of benzene rings is 2.